The highest BCUT2D eigenvalue weighted by molar-refractivity contribution is 5.94. The SMILES string of the molecule is CC(=O)c1cccc(CN2CC[C@H](CNC(=O)c3ccccc3)C2)c1. The number of ketones is 1. The molecule has 130 valence electrons. The van der Waals surface area contributed by atoms with Crippen LogP contribution >= 0.6 is 0 Å². The molecule has 2 aromatic rings. The molecule has 1 heterocycles. The van der Waals surface area contributed by atoms with Gasteiger partial charge in [-0.05, 0) is 49.6 Å². The molecule has 1 aliphatic heterocycles. The Kier molecular flexibility index (Phi) is 5.61. The smallest absolute Gasteiger partial charge is 0.251 e. The summed E-state index contributed by atoms with van der Waals surface area (Å²) in [5.74, 6) is 0.571. The van der Waals surface area contributed by atoms with Gasteiger partial charge in [-0.3, -0.25) is 14.5 Å². The van der Waals surface area contributed by atoms with E-state index in [0.29, 0.717) is 18.0 Å². The van der Waals surface area contributed by atoms with Crippen LogP contribution in [0.1, 0.15) is 39.6 Å². The van der Waals surface area contributed by atoms with Crippen LogP contribution in [0.2, 0.25) is 0 Å². The van der Waals surface area contributed by atoms with Crippen molar-refractivity contribution >= 4 is 11.7 Å². The van der Waals surface area contributed by atoms with Crippen LogP contribution < -0.4 is 5.32 Å². The van der Waals surface area contributed by atoms with Gasteiger partial charge in [-0.1, -0.05) is 36.4 Å². The lowest BCUT2D eigenvalue weighted by Gasteiger charge is -2.17. The molecule has 25 heavy (non-hydrogen) atoms. The van der Waals surface area contributed by atoms with Crippen LogP contribution in [0.3, 0.4) is 0 Å². The number of hydrogen-bond donors (Lipinski definition) is 1. The summed E-state index contributed by atoms with van der Waals surface area (Å²) in [7, 11) is 0. The van der Waals surface area contributed by atoms with Crippen molar-refractivity contribution in [2.45, 2.75) is 19.9 Å². The lowest BCUT2D eigenvalue weighted by Crippen LogP contribution is -2.30. The molecule has 4 nitrogen and oxygen atoms in total. The molecular formula is C21H24N2O2. The molecule has 1 saturated heterocycles. The van der Waals surface area contributed by atoms with Crippen molar-refractivity contribution in [3.05, 3.63) is 71.3 Å². The van der Waals surface area contributed by atoms with Crippen molar-refractivity contribution in [3.63, 3.8) is 0 Å². The lowest BCUT2D eigenvalue weighted by molar-refractivity contribution is 0.0946. The average Bonchev–Trinajstić information content (AvgIpc) is 3.08. The molecule has 0 aliphatic carbocycles. The quantitative estimate of drug-likeness (QED) is 0.825. The van der Waals surface area contributed by atoms with Crippen molar-refractivity contribution in [1.29, 1.82) is 0 Å². The summed E-state index contributed by atoms with van der Waals surface area (Å²) in [5, 5.41) is 3.04. The number of nitrogens with one attached hydrogen (secondary N) is 1. The molecule has 0 bridgehead atoms. The molecule has 1 N–H and O–H groups in total. The Morgan fingerprint density at radius 3 is 2.60 bits per heavy atom. The van der Waals surface area contributed by atoms with E-state index in [1.807, 2.05) is 48.5 Å². The molecule has 1 amide bonds. The zero-order chi connectivity index (χ0) is 17.6. The fourth-order valence-corrected chi connectivity index (χ4v) is 3.30. The van der Waals surface area contributed by atoms with Gasteiger partial charge in [-0.25, -0.2) is 0 Å². The van der Waals surface area contributed by atoms with E-state index in [-0.39, 0.29) is 11.7 Å². The van der Waals surface area contributed by atoms with E-state index in [1.54, 1.807) is 6.92 Å². The van der Waals surface area contributed by atoms with Gasteiger partial charge in [-0.15, -0.1) is 0 Å². The first-order valence-electron chi connectivity index (χ1n) is 8.77. The summed E-state index contributed by atoms with van der Waals surface area (Å²) in [5.41, 5.74) is 2.64. The number of rotatable bonds is 6. The highest BCUT2D eigenvalue weighted by atomic mass is 16.1. The highest BCUT2D eigenvalue weighted by Crippen LogP contribution is 2.19. The Balaban J connectivity index is 1.48. The molecule has 0 unspecified atom stereocenters. The maximum Gasteiger partial charge on any atom is 0.251 e. The Labute approximate surface area is 148 Å². The Morgan fingerprint density at radius 2 is 1.84 bits per heavy atom. The summed E-state index contributed by atoms with van der Waals surface area (Å²) in [6.07, 6.45) is 1.08. The molecule has 1 aliphatic rings. The second-order valence-electron chi connectivity index (χ2n) is 6.72. The van der Waals surface area contributed by atoms with Gasteiger partial charge in [0.1, 0.15) is 0 Å². The molecule has 0 aromatic heterocycles. The highest BCUT2D eigenvalue weighted by Gasteiger charge is 2.23. The van der Waals surface area contributed by atoms with Crippen LogP contribution in [-0.4, -0.2) is 36.2 Å². The van der Waals surface area contributed by atoms with E-state index < -0.39 is 0 Å². The third kappa shape index (κ3) is 4.77. The van der Waals surface area contributed by atoms with Crippen LogP contribution in [0.25, 0.3) is 0 Å². The molecule has 1 atom stereocenters. The van der Waals surface area contributed by atoms with E-state index in [1.165, 1.54) is 5.56 Å². The topological polar surface area (TPSA) is 49.4 Å². The van der Waals surface area contributed by atoms with Gasteiger partial charge in [0.15, 0.2) is 5.78 Å². The minimum atomic E-state index is -0.00629. The van der Waals surface area contributed by atoms with Crippen LogP contribution in [0.15, 0.2) is 54.6 Å². The Hall–Kier alpha value is -2.46. The van der Waals surface area contributed by atoms with Crippen molar-refractivity contribution in [1.82, 2.24) is 10.2 Å². The summed E-state index contributed by atoms with van der Waals surface area (Å²) < 4.78 is 0. The number of carbonyl (C=O) groups is 2. The van der Waals surface area contributed by atoms with E-state index in [4.69, 9.17) is 0 Å². The predicted octanol–water partition coefficient (Wildman–Crippen LogP) is 3.14. The third-order valence-electron chi connectivity index (χ3n) is 4.70. The van der Waals surface area contributed by atoms with E-state index in [2.05, 4.69) is 16.3 Å². The van der Waals surface area contributed by atoms with E-state index in [9.17, 15) is 9.59 Å². The molecule has 3 rings (SSSR count). The maximum atomic E-state index is 12.1. The fourth-order valence-electron chi connectivity index (χ4n) is 3.30. The fraction of sp³-hybridized carbons (Fsp3) is 0.333. The molecule has 0 spiro atoms. The van der Waals surface area contributed by atoms with Crippen LogP contribution in [0.4, 0.5) is 0 Å². The number of nitrogens with zero attached hydrogens (tertiary/aromatic N) is 1. The Morgan fingerprint density at radius 1 is 1.08 bits per heavy atom. The summed E-state index contributed by atoms with van der Waals surface area (Å²) in [6, 6.07) is 17.2. The summed E-state index contributed by atoms with van der Waals surface area (Å²) in [4.78, 5) is 26.0. The number of hydrogen-bond acceptors (Lipinski definition) is 3. The molecule has 0 radical (unpaired) electrons. The van der Waals surface area contributed by atoms with Gasteiger partial charge in [0.05, 0.1) is 0 Å². The van der Waals surface area contributed by atoms with Crippen molar-refractivity contribution in [2.75, 3.05) is 19.6 Å². The van der Waals surface area contributed by atoms with Crippen LogP contribution in [0.5, 0.6) is 0 Å². The second kappa shape index (κ2) is 8.08. The molecule has 0 saturated carbocycles. The zero-order valence-electron chi connectivity index (χ0n) is 14.6. The Bertz CT molecular complexity index is 743. The van der Waals surface area contributed by atoms with E-state index in [0.717, 1.165) is 31.6 Å². The molecule has 1 fully saturated rings. The van der Waals surface area contributed by atoms with Gasteiger partial charge >= 0.3 is 0 Å². The first-order chi connectivity index (χ1) is 12.1. The number of Topliss-reactive ketones (excluding diaryl/α,β-unsaturated/α-hetero) is 1. The van der Waals surface area contributed by atoms with Gasteiger partial charge in [-0.2, -0.15) is 0 Å². The number of carbonyl (C=O) groups excluding carboxylic acids is 2. The molecule has 2 aromatic carbocycles. The predicted molar refractivity (Wildman–Crippen MR) is 98.6 cm³/mol. The third-order valence-corrected chi connectivity index (χ3v) is 4.70. The first-order valence-corrected chi connectivity index (χ1v) is 8.77. The van der Waals surface area contributed by atoms with Gasteiger partial charge in [0.2, 0.25) is 0 Å². The maximum absolute atomic E-state index is 12.1. The monoisotopic (exact) mass is 336 g/mol. The number of benzene rings is 2. The summed E-state index contributed by atoms with van der Waals surface area (Å²) in [6.45, 7) is 5.15. The normalized spacial score (nSPS) is 17.4. The summed E-state index contributed by atoms with van der Waals surface area (Å²) >= 11 is 0. The average molecular weight is 336 g/mol. The van der Waals surface area contributed by atoms with Crippen molar-refractivity contribution in [3.8, 4) is 0 Å². The van der Waals surface area contributed by atoms with Crippen LogP contribution in [-0.2, 0) is 6.54 Å². The van der Waals surface area contributed by atoms with Crippen LogP contribution in [0, 0.1) is 5.92 Å². The van der Waals surface area contributed by atoms with Gasteiger partial charge in [0.25, 0.3) is 5.91 Å². The second-order valence-corrected chi connectivity index (χ2v) is 6.72. The van der Waals surface area contributed by atoms with Crippen molar-refractivity contribution in [2.24, 2.45) is 5.92 Å². The first kappa shape index (κ1) is 17.4. The van der Waals surface area contributed by atoms with E-state index >= 15 is 0 Å². The van der Waals surface area contributed by atoms with Gasteiger partial charge in [0, 0.05) is 30.8 Å². The number of likely N-dealkylation sites (tertiary alicyclic amines) is 1. The molecular weight excluding hydrogens is 312 g/mol. The minimum Gasteiger partial charge on any atom is -0.352 e. The number of amides is 1. The van der Waals surface area contributed by atoms with Crippen molar-refractivity contribution < 1.29 is 9.59 Å². The lowest BCUT2D eigenvalue weighted by atomic mass is 10.1. The largest absolute Gasteiger partial charge is 0.352 e. The zero-order valence-corrected chi connectivity index (χ0v) is 14.6. The van der Waals surface area contributed by atoms with Gasteiger partial charge < -0.3 is 5.32 Å². The molecule has 4 heteroatoms. The minimum absolute atomic E-state index is 0.00629. The standard InChI is InChI=1S/C21H24N2O2/c1-16(24)20-9-5-6-17(12-20)14-23-11-10-18(15-23)13-22-21(25)19-7-3-2-4-8-19/h2-9,12,18H,10-11,13-15H2,1H3,(H,22,25)/t18-/m1/s1.